The fourth-order valence-electron chi connectivity index (χ4n) is 2.36. The van der Waals surface area contributed by atoms with Gasteiger partial charge in [0.05, 0.1) is 17.6 Å². The van der Waals surface area contributed by atoms with Gasteiger partial charge in [0.1, 0.15) is 17.7 Å². The minimum atomic E-state index is -3.84. The molecule has 26 heavy (non-hydrogen) atoms. The number of sulfonamides is 1. The van der Waals surface area contributed by atoms with Gasteiger partial charge in [-0.05, 0) is 43.7 Å². The van der Waals surface area contributed by atoms with E-state index in [2.05, 4.69) is 5.32 Å². The second kappa shape index (κ2) is 7.59. The van der Waals surface area contributed by atoms with Gasteiger partial charge in [-0.3, -0.25) is 9.10 Å². The Kier molecular flexibility index (Phi) is 5.87. The molecule has 0 aromatic heterocycles. The van der Waals surface area contributed by atoms with Crippen molar-refractivity contribution in [1.29, 1.82) is 0 Å². The summed E-state index contributed by atoms with van der Waals surface area (Å²) in [4.78, 5) is 12.5. The normalized spacial score (nSPS) is 12.5. The van der Waals surface area contributed by atoms with E-state index >= 15 is 0 Å². The van der Waals surface area contributed by atoms with E-state index in [-0.39, 0.29) is 11.4 Å². The lowest BCUT2D eigenvalue weighted by molar-refractivity contribution is -0.116. The zero-order chi connectivity index (χ0) is 19.6. The number of aryl methyl sites for hydroxylation is 1. The number of amides is 1. The Morgan fingerprint density at radius 1 is 1.19 bits per heavy atom. The highest BCUT2D eigenvalue weighted by atomic mass is 35.5. The van der Waals surface area contributed by atoms with Crippen molar-refractivity contribution >= 4 is 38.9 Å². The molecular weight excluding hydrogens is 386 g/mol. The summed E-state index contributed by atoms with van der Waals surface area (Å²) in [6, 6.07) is 6.03. The largest absolute Gasteiger partial charge is 0.322 e. The molecule has 0 saturated carbocycles. The number of rotatable bonds is 5. The lowest BCUT2D eigenvalue weighted by Gasteiger charge is -2.28. The van der Waals surface area contributed by atoms with E-state index in [0.717, 1.165) is 28.3 Å². The highest BCUT2D eigenvalue weighted by molar-refractivity contribution is 7.92. The smallest absolute Gasteiger partial charge is 0.248 e. The number of halogens is 3. The highest BCUT2D eigenvalue weighted by Crippen LogP contribution is 2.27. The topological polar surface area (TPSA) is 66.5 Å². The van der Waals surface area contributed by atoms with Crippen molar-refractivity contribution in [1.82, 2.24) is 0 Å². The van der Waals surface area contributed by atoms with Gasteiger partial charge < -0.3 is 5.32 Å². The minimum absolute atomic E-state index is 0.199. The van der Waals surface area contributed by atoms with Gasteiger partial charge >= 0.3 is 0 Å². The van der Waals surface area contributed by atoms with Gasteiger partial charge in [0.2, 0.25) is 15.9 Å². The van der Waals surface area contributed by atoms with E-state index in [4.69, 9.17) is 11.6 Å². The molecule has 0 saturated heterocycles. The first-order valence-corrected chi connectivity index (χ1v) is 9.75. The molecule has 1 atom stereocenters. The molecule has 0 unspecified atom stereocenters. The second-order valence-corrected chi connectivity index (χ2v) is 8.05. The summed E-state index contributed by atoms with van der Waals surface area (Å²) < 4.78 is 52.0. The van der Waals surface area contributed by atoms with Crippen molar-refractivity contribution in [2.45, 2.75) is 19.9 Å². The van der Waals surface area contributed by atoms with E-state index in [0.29, 0.717) is 11.1 Å². The van der Waals surface area contributed by atoms with E-state index in [1.54, 1.807) is 13.0 Å². The predicted molar refractivity (Wildman–Crippen MR) is 98.0 cm³/mol. The molecule has 1 amide bonds. The van der Waals surface area contributed by atoms with Gasteiger partial charge in [-0.2, -0.15) is 0 Å². The second-order valence-electron chi connectivity index (χ2n) is 5.78. The summed E-state index contributed by atoms with van der Waals surface area (Å²) in [7, 11) is -3.84. The molecule has 9 heteroatoms. The molecule has 2 aromatic carbocycles. The molecule has 5 nitrogen and oxygen atoms in total. The van der Waals surface area contributed by atoms with E-state index in [9.17, 15) is 22.0 Å². The monoisotopic (exact) mass is 402 g/mol. The average molecular weight is 403 g/mol. The van der Waals surface area contributed by atoms with E-state index < -0.39 is 33.6 Å². The SMILES string of the molecule is Cc1ccc(N([C@@H](C)C(=O)Nc2ccc(F)cc2F)S(C)(=O)=O)cc1Cl. The fraction of sp³-hybridized carbons (Fsp3) is 0.235. The van der Waals surface area contributed by atoms with Gasteiger partial charge in [-0.25, -0.2) is 17.2 Å². The molecule has 0 fully saturated rings. The van der Waals surface area contributed by atoms with Gasteiger partial charge in [0.15, 0.2) is 0 Å². The first-order chi connectivity index (χ1) is 12.0. The van der Waals surface area contributed by atoms with Crippen LogP contribution in [0.15, 0.2) is 36.4 Å². The first kappa shape index (κ1) is 20.1. The zero-order valence-electron chi connectivity index (χ0n) is 14.3. The van der Waals surface area contributed by atoms with Crippen LogP contribution in [0.4, 0.5) is 20.2 Å². The minimum Gasteiger partial charge on any atom is -0.322 e. The van der Waals surface area contributed by atoms with Crippen molar-refractivity contribution in [3.8, 4) is 0 Å². The fourth-order valence-corrected chi connectivity index (χ4v) is 3.70. The van der Waals surface area contributed by atoms with Crippen LogP contribution in [0.5, 0.6) is 0 Å². The number of carbonyl (C=O) groups is 1. The summed E-state index contributed by atoms with van der Waals surface area (Å²) in [6.45, 7) is 3.11. The van der Waals surface area contributed by atoms with Crippen molar-refractivity contribution in [2.24, 2.45) is 0 Å². The molecule has 0 aliphatic carbocycles. The average Bonchev–Trinajstić information content (AvgIpc) is 2.52. The first-order valence-electron chi connectivity index (χ1n) is 7.52. The Morgan fingerprint density at radius 3 is 2.38 bits per heavy atom. The van der Waals surface area contributed by atoms with Crippen LogP contribution in [0.2, 0.25) is 5.02 Å². The molecule has 0 aliphatic heterocycles. The highest BCUT2D eigenvalue weighted by Gasteiger charge is 2.30. The zero-order valence-corrected chi connectivity index (χ0v) is 15.8. The van der Waals surface area contributed by atoms with Gasteiger partial charge in [0, 0.05) is 11.1 Å². The van der Waals surface area contributed by atoms with Crippen LogP contribution in [0.3, 0.4) is 0 Å². The molecule has 2 aromatic rings. The number of hydrogen-bond acceptors (Lipinski definition) is 3. The predicted octanol–water partition coefficient (Wildman–Crippen LogP) is 3.72. The third kappa shape index (κ3) is 4.50. The Morgan fingerprint density at radius 2 is 1.85 bits per heavy atom. The summed E-state index contributed by atoms with van der Waals surface area (Å²) >= 11 is 6.05. The van der Waals surface area contributed by atoms with Crippen molar-refractivity contribution in [2.75, 3.05) is 15.9 Å². The molecular formula is C17H17ClF2N2O3S. The maximum Gasteiger partial charge on any atom is 0.248 e. The van der Waals surface area contributed by atoms with Crippen LogP contribution in [0.1, 0.15) is 12.5 Å². The molecule has 0 aliphatic rings. The van der Waals surface area contributed by atoms with Crippen LogP contribution in [0, 0.1) is 18.6 Å². The maximum absolute atomic E-state index is 13.7. The molecule has 2 rings (SSSR count). The summed E-state index contributed by atoms with van der Waals surface area (Å²) in [5.74, 6) is -2.53. The Balaban J connectivity index is 2.35. The third-order valence-electron chi connectivity index (χ3n) is 3.69. The van der Waals surface area contributed by atoms with Crippen LogP contribution in [-0.4, -0.2) is 26.6 Å². The van der Waals surface area contributed by atoms with Crippen LogP contribution < -0.4 is 9.62 Å². The van der Waals surface area contributed by atoms with Crippen molar-refractivity contribution < 1.29 is 22.0 Å². The number of nitrogens with zero attached hydrogens (tertiary/aromatic N) is 1. The summed E-state index contributed by atoms with van der Waals surface area (Å²) in [5.41, 5.74) is 0.693. The molecule has 0 heterocycles. The standard InChI is InChI=1S/C17H17ClF2N2O3S/c1-10-4-6-13(9-14(10)18)22(26(3,24)25)11(2)17(23)21-16-7-5-12(19)8-15(16)20/h4-9,11H,1-3H3,(H,21,23)/t11-/m0/s1. The molecule has 0 spiro atoms. The Labute approximate surface area is 155 Å². The van der Waals surface area contributed by atoms with Crippen molar-refractivity contribution in [3.05, 3.63) is 58.6 Å². The lowest BCUT2D eigenvalue weighted by Crippen LogP contribution is -2.45. The number of hydrogen-bond donors (Lipinski definition) is 1. The van der Waals surface area contributed by atoms with Gasteiger partial charge in [0.25, 0.3) is 0 Å². The van der Waals surface area contributed by atoms with Crippen LogP contribution >= 0.6 is 11.6 Å². The Hall–Kier alpha value is -2.19. The maximum atomic E-state index is 13.7. The van der Waals surface area contributed by atoms with Crippen LogP contribution in [-0.2, 0) is 14.8 Å². The lowest BCUT2D eigenvalue weighted by atomic mass is 10.2. The number of benzene rings is 2. The third-order valence-corrected chi connectivity index (χ3v) is 5.34. The number of anilines is 2. The molecule has 0 radical (unpaired) electrons. The molecule has 140 valence electrons. The van der Waals surface area contributed by atoms with E-state index in [1.807, 2.05) is 0 Å². The molecule has 1 N–H and O–H groups in total. The number of carbonyl (C=O) groups excluding carboxylic acids is 1. The quantitative estimate of drug-likeness (QED) is 0.828. The summed E-state index contributed by atoms with van der Waals surface area (Å²) in [6.07, 6.45) is 0.947. The van der Waals surface area contributed by atoms with E-state index in [1.165, 1.54) is 19.1 Å². The summed E-state index contributed by atoms with van der Waals surface area (Å²) in [5, 5.41) is 2.61. The van der Waals surface area contributed by atoms with Crippen LogP contribution in [0.25, 0.3) is 0 Å². The molecule has 0 bridgehead atoms. The van der Waals surface area contributed by atoms with Gasteiger partial charge in [-0.15, -0.1) is 0 Å². The van der Waals surface area contributed by atoms with Crippen molar-refractivity contribution in [3.63, 3.8) is 0 Å². The Bertz CT molecular complexity index is 951. The van der Waals surface area contributed by atoms with Gasteiger partial charge in [-0.1, -0.05) is 17.7 Å². The number of nitrogens with one attached hydrogen (secondary N) is 1.